The van der Waals surface area contributed by atoms with E-state index in [1.165, 1.54) is 36.0 Å². The van der Waals surface area contributed by atoms with Crippen molar-refractivity contribution < 1.29 is 9.84 Å². The van der Waals surface area contributed by atoms with Crippen LogP contribution in [-0.4, -0.2) is 34.8 Å². The molecule has 2 heterocycles. The second-order valence-electron chi connectivity index (χ2n) is 6.90. The Bertz CT molecular complexity index is 518. The van der Waals surface area contributed by atoms with E-state index in [0.717, 1.165) is 5.75 Å². The summed E-state index contributed by atoms with van der Waals surface area (Å²) in [5, 5.41) is 10.6. The SMILES string of the molecule is Cc1cc(C)c2c(c1)C(N1C(C)CCCC1C)C(O)CO2. The van der Waals surface area contributed by atoms with E-state index in [1.807, 2.05) is 0 Å². The lowest BCUT2D eigenvalue weighted by atomic mass is 9.87. The predicted octanol–water partition coefficient (Wildman–Crippen LogP) is 3.36. The summed E-state index contributed by atoms with van der Waals surface area (Å²) in [5.74, 6) is 0.987. The molecule has 3 heteroatoms. The van der Waals surface area contributed by atoms with E-state index in [2.05, 4.69) is 44.7 Å². The highest BCUT2D eigenvalue weighted by Gasteiger charge is 2.40. The van der Waals surface area contributed by atoms with Gasteiger partial charge in [-0.2, -0.15) is 0 Å². The zero-order valence-electron chi connectivity index (χ0n) is 13.6. The van der Waals surface area contributed by atoms with Gasteiger partial charge in [0, 0.05) is 17.6 Å². The van der Waals surface area contributed by atoms with Crippen LogP contribution in [0.2, 0.25) is 0 Å². The van der Waals surface area contributed by atoms with E-state index in [4.69, 9.17) is 4.74 Å². The topological polar surface area (TPSA) is 32.7 Å². The van der Waals surface area contributed by atoms with Gasteiger partial charge in [-0.25, -0.2) is 0 Å². The molecule has 0 saturated carbocycles. The second kappa shape index (κ2) is 5.62. The number of aryl methyl sites for hydroxylation is 2. The molecule has 0 aliphatic carbocycles. The van der Waals surface area contributed by atoms with Crippen molar-refractivity contribution in [1.29, 1.82) is 0 Å². The Kier molecular flexibility index (Phi) is 3.98. The molecule has 0 spiro atoms. The molecule has 1 aromatic rings. The number of ether oxygens (including phenoxy) is 1. The van der Waals surface area contributed by atoms with E-state index in [0.29, 0.717) is 18.7 Å². The van der Waals surface area contributed by atoms with Crippen molar-refractivity contribution in [3.05, 3.63) is 28.8 Å². The van der Waals surface area contributed by atoms with Crippen molar-refractivity contribution in [3.8, 4) is 5.75 Å². The summed E-state index contributed by atoms with van der Waals surface area (Å²) in [6.07, 6.45) is 3.28. The molecular weight excluding hydrogens is 262 g/mol. The summed E-state index contributed by atoms with van der Waals surface area (Å²) in [7, 11) is 0. The Labute approximate surface area is 127 Å². The van der Waals surface area contributed by atoms with Crippen LogP contribution in [0.4, 0.5) is 0 Å². The molecule has 0 radical (unpaired) electrons. The molecule has 1 N–H and O–H groups in total. The van der Waals surface area contributed by atoms with Gasteiger partial charge in [-0.1, -0.05) is 24.1 Å². The molecule has 1 saturated heterocycles. The summed E-state index contributed by atoms with van der Waals surface area (Å²) < 4.78 is 5.84. The van der Waals surface area contributed by atoms with Crippen molar-refractivity contribution in [1.82, 2.24) is 4.90 Å². The number of nitrogens with zero attached hydrogens (tertiary/aromatic N) is 1. The average molecular weight is 289 g/mol. The van der Waals surface area contributed by atoms with Crippen LogP contribution in [0.5, 0.6) is 5.75 Å². The van der Waals surface area contributed by atoms with Gasteiger partial charge in [0.15, 0.2) is 0 Å². The minimum atomic E-state index is -0.443. The first-order valence-electron chi connectivity index (χ1n) is 8.18. The van der Waals surface area contributed by atoms with E-state index in [1.54, 1.807) is 0 Å². The van der Waals surface area contributed by atoms with Gasteiger partial charge in [-0.3, -0.25) is 4.90 Å². The smallest absolute Gasteiger partial charge is 0.127 e. The van der Waals surface area contributed by atoms with E-state index >= 15 is 0 Å². The van der Waals surface area contributed by atoms with E-state index in [9.17, 15) is 5.11 Å². The number of aliphatic hydroxyl groups excluding tert-OH is 1. The van der Waals surface area contributed by atoms with Gasteiger partial charge in [0.05, 0.1) is 6.04 Å². The molecule has 2 aliphatic rings. The molecular formula is C18H27NO2. The largest absolute Gasteiger partial charge is 0.490 e. The first-order chi connectivity index (χ1) is 9.99. The van der Waals surface area contributed by atoms with Crippen LogP contribution in [0.25, 0.3) is 0 Å². The summed E-state index contributed by atoms with van der Waals surface area (Å²) in [6, 6.07) is 5.46. The molecule has 2 aliphatic heterocycles. The number of piperidine rings is 1. The summed E-state index contributed by atoms with van der Waals surface area (Å²) >= 11 is 0. The molecule has 4 atom stereocenters. The number of likely N-dealkylation sites (tertiary alicyclic amines) is 1. The lowest BCUT2D eigenvalue weighted by molar-refractivity contribution is -0.0457. The normalized spacial score (nSPS) is 33.4. The molecule has 4 unspecified atom stereocenters. The molecule has 21 heavy (non-hydrogen) atoms. The average Bonchev–Trinajstić information content (AvgIpc) is 2.40. The zero-order chi connectivity index (χ0) is 15.1. The lowest BCUT2D eigenvalue weighted by Crippen LogP contribution is -2.51. The first kappa shape index (κ1) is 14.9. The summed E-state index contributed by atoms with van der Waals surface area (Å²) in [4.78, 5) is 2.52. The van der Waals surface area contributed by atoms with Gasteiger partial charge < -0.3 is 9.84 Å². The molecule has 3 nitrogen and oxygen atoms in total. The number of benzene rings is 1. The highest BCUT2D eigenvalue weighted by molar-refractivity contribution is 5.47. The van der Waals surface area contributed by atoms with Crippen LogP contribution in [0.15, 0.2) is 12.1 Å². The lowest BCUT2D eigenvalue weighted by Gasteiger charge is -2.47. The fraction of sp³-hybridized carbons (Fsp3) is 0.667. The Morgan fingerprint density at radius 3 is 2.48 bits per heavy atom. The summed E-state index contributed by atoms with van der Waals surface area (Å²) in [5.41, 5.74) is 3.59. The molecule has 0 bridgehead atoms. The fourth-order valence-corrected chi connectivity index (χ4v) is 4.22. The van der Waals surface area contributed by atoms with Gasteiger partial charge in [0.2, 0.25) is 0 Å². The van der Waals surface area contributed by atoms with Crippen LogP contribution >= 0.6 is 0 Å². The number of aliphatic hydroxyl groups is 1. The van der Waals surface area contributed by atoms with Crippen LogP contribution in [0.1, 0.15) is 55.8 Å². The minimum Gasteiger partial charge on any atom is -0.490 e. The quantitative estimate of drug-likeness (QED) is 0.860. The third-order valence-electron chi connectivity index (χ3n) is 5.11. The minimum absolute atomic E-state index is 0.0673. The van der Waals surface area contributed by atoms with Crippen molar-refractivity contribution in [2.75, 3.05) is 6.61 Å². The van der Waals surface area contributed by atoms with Crippen LogP contribution < -0.4 is 4.74 Å². The van der Waals surface area contributed by atoms with Crippen LogP contribution in [0, 0.1) is 13.8 Å². The van der Waals surface area contributed by atoms with Gasteiger partial charge in [-0.15, -0.1) is 0 Å². The highest BCUT2D eigenvalue weighted by Crippen LogP contribution is 2.42. The molecule has 0 amide bonds. The zero-order valence-corrected chi connectivity index (χ0v) is 13.6. The van der Waals surface area contributed by atoms with Crippen LogP contribution in [0.3, 0.4) is 0 Å². The maximum absolute atomic E-state index is 10.6. The highest BCUT2D eigenvalue weighted by atomic mass is 16.5. The molecule has 3 rings (SSSR count). The maximum Gasteiger partial charge on any atom is 0.127 e. The monoisotopic (exact) mass is 289 g/mol. The molecule has 116 valence electrons. The summed E-state index contributed by atoms with van der Waals surface area (Å²) in [6.45, 7) is 9.20. The van der Waals surface area contributed by atoms with Crippen molar-refractivity contribution in [2.45, 2.75) is 71.2 Å². The molecule has 1 fully saturated rings. The number of rotatable bonds is 1. The Morgan fingerprint density at radius 2 is 1.81 bits per heavy atom. The number of fused-ring (bicyclic) bond motifs is 1. The third-order valence-corrected chi connectivity index (χ3v) is 5.11. The van der Waals surface area contributed by atoms with Crippen molar-refractivity contribution in [3.63, 3.8) is 0 Å². The van der Waals surface area contributed by atoms with Gasteiger partial charge >= 0.3 is 0 Å². The Hall–Kier alpha value is -1.06. The van der Waals surface area contributed by atoms with Gasteiger partial charge in [-0.05, 0) is 46.1 Å². The van der Waals surface area contributed by atoms with Gasteiger partial charge in [0.1, 0.15) is 18.5 Å². The molecule has 0 aromatic heterocycles. The van der Waals surface area contributed by atoms with Gasteiger partial charge in [0.25, 0.3) is 0 Å². The second-order valence-corrected chi connectivity index (χ2v) is 6.90. The number of hydrogen-bond donors (Lipinski definition) is 1. The van der Waals surface area contributed by atoms with Crippen LogP contribution in [-0.2, 0) is 0 Å². The Balaban J connectivity index is 2.06. The standard InChI is InChI=1S/C18H27NO2/c1-11-8-12(2)18-15(9-11)17(16(20)10-21-18)19-13(3)6-5-7-14(19)4/h8-9,13-14,16-17,20H,5-7,10H2,1-4H3. The fourth-order valence-electron chi connectivity index (χ4n) is 4.22. The maximum atomic E-state index is 10.6. The van der Waals surface area contributed by atoms with Crippen molar-refractivity contribution in [2.24, 2.45) is 0 Å². The van der Waals surface area contributed by atoms with Crippen molar-refractivity contribution >= 4 is 0 Å². The Morgan fingerprint density at radius 1 is 1.14 bits per heavy atom. The molecule has 1 aromatic carbocycles. The first-order valence-corrected chi connectivity index (χ1v) is 8.18. The van der Waals surface area contributed by atoms with E-state index < -0.39 is 6.10 Å². The third kappa shape index (κ3) is 2.58. The van der Waals surface area contributed by atoms with E-state index in [-0.39, 0.29) is 6.04 Å². The predicted molar refractivity (Wildman–Crippen MR) is 84.8 cm³/mol. The number of hydrogen-bond acceptors (Lipinski definition) is 3.